The van der Waals surface area contributed by atoms with Crippen LogP contribution in [-0.2, 0) is 0 Å². The molecule has 0 fully saturated rings. The molecule has 4 rings (SSSR count). The molecule has 1 atom stereocenters. The fraction of sp³-hybridized carbons (Fsp3) is 0.240. The van der Waals surface area contributed by atoms with Crippen molar-refractivity contribution in [2.45, 2.75) is 39.7 Å². The lowest BCUT2D eigenvalue weighted by molar-refractivity contribution is 0.0937. The first-order chi connectivity index (χ1) is 14.5. The average Bonchev–Trinajstić information content (AvgIpc) is 3.09. The molecule has 0 aliphatic carbocycles. The predicted octanol–water partition coefficient (Wildman–Crippen LogP) is 5.32. The van der Waals surface area contributed by atoms with Gasteiger partial charge in [0.05, 0.1) is 23.0 Å². The van der Waals surface area contributed by atoms with Crippen LogP contribution in [0.25, 0.3) is 16.8 Å². The van der Waals surface area contributed by atoms with Crippen molar-refractivity contribution in [3.63, 3.8) is 0 Å². The third kappa shape index (κ3) is 3.59. The van der Waals surface area contributed by atoms with Gasteiger partial charge in [-0.05, 0) is 30.9 Å². The maximum Gasteiger partial charge on any atom is 0.255 e. The highest BCUT2D eigenvalue weighted by molar-refractivity contribution is 5.96. The quantitative estimate of drug-likeness (QED) is 0.495. The van der Waals surface area contributed by atoms with Gasteiger partial charge >= 0.3 is 0 Å². The Labute approximate surface area is 176 Å². The van der Waals surface area contributed by atoms with E-state index in [0.717, 1.165) is 33.7 Å². The van der Waals surface area contributed by atoms with E-state index in [4.69, 9.17) is 5.10 Å². The van der Waals surface area contributed by atoms with Crippen molar-refractivity contribution in [2.24, 2.45) is 0 Å². The summed E-state index contributed by atoms with van der Waals surface area (Å²) >= 11 is 0. The number of nitrogens with one attached hydrogen (secondary N) is 1. The van der Waals surface area contributed by atoms with Crippen molar-refractivity contribution in [2.75, 3.05) is 0 Å². The fourth-order valence-corrected chi connectivity index (χ4v) is 3.88. The van der Waals surface area contributed by atoms with Crippen LogP contribution < -0.4 is 5.32 Å². The molecule has 2 heterocycles. The maximum atomic E-state index is 13.2. The van der Waals surface area contributed by atoms with Gasteiger partial charge in [-0.2, -0.15) is 5.10 Å². The second kappa shape index (κ2) is 8.11. The van der Waals surface area contributed by atoms with E-state index in [-0.39, 0.29) is 17.9 Å². The highest BCUT2D eigenvalue weighted by Gasteiger charge is 2.23. The van der Waals surface area contributed by atoms with Gasteiger partial charge in [0.15, 0.2) is 5.65 Å². The zero-order chi connectivity index (χ0) is 21.3. The van der Waals surface area contributed by atoms with Crippen LogP contribution >= 0.6 is 0 Å². The van der Waals surface area contributed by atoms with Crippen molar-refractivity contribution in [1.29, 1.82) is 0 Å². The topological polar surface area (TPSA) is 59.3 Å². The minimum atomic E-state index is -0.140. The molecule has 4 aromatic rings. The van der Waals surface area contributed by atoms with Crippen LogP contribution in [0.4, 0.5) is 0 Å². The van der Waals surface area contributed by atoms with Gasteiger partial charge in [-0.15, -0.1) is 0 Å². The minimum absolute atomic E-state index is 0.103. The van der Waals surface area contributed by atoms with Crippen LogP contribution in [0.3, 0.4) is 0 Å². The molecule has 1 N–H and O–H groups in total. The van der Waals surface area contributed by atoms with Gasteiger partial charge in [-0.25, -0.2) is 9.50 Å². The molecular weight excluding hydrogens is 372 g/mol. The summed E-state index contributed by atoms with van der Waals surface area (Å²) < 4.78 is 1.84. The summed E-state index contributed by atoms with van der Waals surface area (Å²) in [5.41, 5.74) is 6.22. The standard InChI is InChI=1S/C25H26N4O/c1-16(2)23-21(25(30)27-17(3)19-11-7-5-8-12-19)15-26-24-22(18(4)28-29(23)24)20-13-9-6-10-14-20/h5-17H,1-4H3,(H,27,30)/t17-/m1/s1. The molecule has 30 heavy (non-hydrogen) atoms. The molecule has 0 spiro atoms. The van der Waals surface area contributed by atoms with Gasteiger partial charge in [0, 0.05) is 11.8 Å². The number of fused-ring (bicyclic) bond motifs is 1. The summed E-state index contributed by atoms with van der Waals surface area (Å²) in [5, 5.41) is 7.87. The lowest BCUT2D eigenvalue weighted by atomic mass is 10.0. The molecule has 5 heteroatoms. The van der Waals surface area contributed by atoms with Crippen molar-refractivity contribution < 1.29 is 4.79 Å². The summed E-state index contributed by atoms with van der Waals surface area (Å²) in [5.74, 6) is -0.0370. The molecule has 0 aliphatic heterocycles. The van der Waals surface area contributed by atoms with Gasteiger partial charge in [-0.3, -0.25) is 4.79 Å². The van der Waals surface area contributed by atoms with Gasteiger partial charge in [0.2, 0.25) is 0 Å². The number of aryl methyl sites for hydroxylation is 1. The molecule has 152 valence electrons. The third-order valence-corrected chi connectivity index (χ3v) is 5.36. The first kappa shape index (κ1) is 19.8. The maximum absolute atomic E-state index is 13.2. The van der Waals surface area contributed by atoms with Crippen molar-refractivity contribution in [3.05, 3.63) is 89.4 Å². The Balaban J connectivity index is 1.78. The Morgan fingerprint density at radius 2 is 1.60 bits per heavy atom. The van der Waals surface area contributed by atoms with Gasteiger partial charge < -0.3 is 5.32 Å². The lowest BCUT2D eigenvalue weighted by Crippen LogP contribution is -2.28. The van der Waals surface area contributed by atoms with E-state index in [1.165, 1.54) is 0 Å². The lowest BCUT2D eigenvalue weighted by Gasteiger charge is -2.18. The molecule has 5 nitrogen and oxygen atoms in total. The monoisotopic (exact) mass is 398 g/mol. The van der Waals surface area contributed by atoms with Crippen LogP contribution in [0.5, 0.6) is 0 Å². The summed E-state index contributed by atoms with van der Waals surface area (Å²) in [6.45, 7) is 8.12. The molecule has 0 radical (unpaired) electrons. The largest absolute Gasteiger partial charge is 0.345 e. The number of benzene rings is 2. The zero-order valence-electron chi connectivity index (χ0n) is 17.8. The predicted molar refractivity (Wildman–Crippen MR) is 120 cm³/mol. The van der Waals surface area contributed by atoms with Crippen LogP contribution in [0.2, 0.25) is 0 Å². The Morgan fingerprint density at radius 1 is 0.967 bits per heavy atom. The highest BCUT2D eigenvalue weighted by Crippen LogP contribution is 2.30. The Morgan fingerprint density at radius 3 is 2.23 bits per heavy atom. The zero-order valence-corrected chi connectivity index (χ0v) is 17.8. The molecular formula is C25H26N4O. The summed E-state index contributed by atoms with van der Waals surface area (Å²) in [6, 6.07) is 20.0. The van der Waals surface area contributed by atoms with E-state index in [9.17, 15) is 4.79 Å². The van der Waals surface area contributed by atoms with Crippen LogP contribution in [0.1, 0.15) is 60.0 Å². The SMILES string of the molecule is Cc1nn2c(C(C)C)c(C(=O)N[C@H](C)c3ccccc3)cnc2c1-c1ccccc1. The number of amides is 1. The normalized spacial score (nSPS) is 12.3. The number of hydrogen-bond acceptors (Lipinski definition) is 3. The number of nitrogens with zero attached hydrogens (tertiary/aromatic N) is 3. The molecule has 0 bridgehead atoms. The molecule has 2 aromatic heterocycles. The second-order valence-electron chi connectivity index (χ2n) is 7.88. The first-order valence-electron chi connectivity index (χ1n) is 10.3. The number of carbonyl (C=O) groups excluding carboxylic acids is 1. The smallest absolute Gasteiger partial charge is 0.255 e. The van der Waals surface area contributed by atoms with Crippen molar-refractivity contribution >= 4 is 11.6 Å². The number of aromatic nitrogens is 3. The molecule has 0 aliphatic rings. The van der Waals surface area contributed by atoms with Gasteiger partial charge in [0.1, 0.15) is 0 Å². The summed E-state index contributed by atoms with van der Waals surface area (Å²) in [7, 11) is 0. The van der Waals surface area contributed by atoms with Gasteiger partial charge in [-0.1, -0.05) is 74.5 Å². The second-order valence-corrected chi connectivity index (χ2v) is 7.88. The average molecular weight is 399 g/mol. The van der Waals surface area contributed by atoms with E-state index in [2.05, 4.69) is 36.3 Å². The fourth-order valence-electron chi connectivity index (χ4n) is 3.88. The van der Waals surface area contributed by atoms with Crippen LogP contribution in [0.15, 0.2) is 66.9 Å². The molecule has 2 aromatic carbocycles. The van der Waals surface area contributed by atoms with Crippen LogP contribution in [0, 0.1) is 6.92 Å². The summed E-state index contributed by atoms with van der Waals surface area (Å²) in [6.07, 6.45) is 1.69. The van der Waals surface area contributed by atoms with Crippen LogP contribution in [-0.4, -0.2) is 20.5 Å². The highest BCUT2D eigenvalue weighted by atomic mass is 16.1. The summed E-state index contributed by atoms with van der Waals surface area (Å²) in [4.78, 5) is 17.8. The Kier molecular flexibility index (Phi) is 5.36. The number of carbonyl (C=O) groups is 1. The van der Waals surface area contributed by atoms with E-state index < -0.39 is 0 Å². The minimum Gasteiger partial charge on any atom is -0.345 e. The number of rotatable bonds is 5. The van der Waals surface area contributed by atoms with Crippen molar-refractivity contribution in [3.8, 4) is 11.1 Å². The Hall–Kier alpha value is -3.47. The van der Waals surface area contributed by atoms with E-state index in [1.807, 2.05) is 66.9 Å². The molecule has 0 saturated carbocycles. The van der Waals surface area contributed by atoms with Gasteiger partial charge in [0.25, 0.3) is 5.91 Å². The van der Waals surface area contributed by atoms with E-state index >= 15 is 0 Å². The number of hydrogen-bond donors (Lipinski definition) is 1. The van der Waals surface area contributed by atoms with E-state index in [0.29, 0.717) is 5.56 Å². The van der Waals surface area contributed by atoms with Crippen molar-refractivity contribution in [1.82, 2.24) is 19.9 Å². The van der Waals surface area contributed by atoms with E-state index in [1.54, 1.807) is 6.20 Å². The first-order valence-corrected chi connectivity index (χ1v) is 10.3. The Bertz CT molecular complexity index is 1180. The molecule has 0 saturated heterocycles. The molecule has 1 amide bonds. The third-order valence-electron chi connectivity index (χ3n) is 5.36. The molecule has 0 unspecified atom stereocenters.